The number of amides is 1. The number of nitrogens with zero attached hydrogens (tertiary/aromatic N) is 4. The van der Waals surface area contributed by atoms with E-state index in [0.717, 1.165) is 73.7 Å². The molecule has 31 heavy (non-hydrogen) atoms. The summed E-state index contributed by atoms with van der Waals surface area (Å²) in [6.45, 7) is 4.54. The zero-order valence-corrected chi connectivity index (χ0v) is 18.0. The molecule has 0 saturated carbocycles. The molecule has 8 nitrogen and oxygen atoms in total. The second kappa shape index (κ2) is 8.72. The van der Waals surface area contributed by atoms with Crippen molar-refractivity contribution >= 4 is 40.0 Å². The van der Waals surface area contributed by atoms with Gasteiger partial charge in [-0.25, -0.2) is 9.97 Å². The van der Waals surface area contributed by atoms with Crippen molar-refractivity contribution in [3.05, 3.63) is 41.3 Å². The molecule has 0 unspecified atom stereocenters. The van der Waals surface area contributed by atoms with Crippen LogP contribution in [0, 0.1) is 0 Å². The van der Waals surface area contributed by atoms with Crippen LogP contribution in [0.15, 0.2) is 30.7 Å². The van der Waals surface area contributed by atoms with Gasteiger partial charge in [0, 0.05) is 57.1 Å². The number of carbonyl (C=O) groups excluding carboxylic acids is 1. The number of ether oxygens (including phenoxy) is 1. The molecule has 0 spiro atoms. The number of fused-ring (bicyclic) bond motifs is 7. The molecule has 0 atom stereocenters. The minimum Gasteiger partial charge on any atom is -0.492 e. The Balaban J connectivity index is 1.49. The summed E-state index contributed by atoms with van der Waals surface area (Å²) < 4.78 is 5.90. The Morgan fingerprint density at radius 2 is 1.97 bits per heavy atom. The first-order valence-corrected chi connectivity index (χ1v) is 11.1. The first-order valence-electron chi connectivity index (χ1n) is 10.7. The third-order valence-corrected chi connectivity index (χ3v) is 6.22. The van der Waals surface area contributed by atoms with Gasteiger partial charge in [0.05, 0.1) is 17.0 Å². The number of nitrogens with one attached hydrogen (secondary N) is 2. The van der Waals surface area contributed by atoms with Gasteiger partial charge < -0.3 is 19.9 Å². The molecule has 5 heterocycles. The molecule has 3 aliphatic rings. The van der Waals surface area contributed by atoms with Crippen molar-refractivity contribution in [1.82, 2.24) is 24.8 Å². The van der Waals surface area contributed by atoms with E-state index < -0.39 is 0 Å². The van der Waals surface area contributed by atoms with Crippen molar-refractivity contribution in [3.8, 4) is 5.75 Å². The van der Waals surface area contributed by atoms with Crippen molar-refractivity contribution < 1.29 is 9.53 Å². The average Bonchev–Trinajstić information content (AvgIpc) is 3.19. The molecule has 162 valence electrons. The number of hydrogen-bond donors (Lipinski definition) is 2. The van der Waals surface area contributed by atoms with Gasteiger partial charge in [-0.3, -0.25) is 9.69 Å². The Morgan fingerprint density at radius 1 is 1.10 bits per heavy atom. The maximum atomic E-state index is 12.6. The Labute approximate surface area is 185 Å². The van der Waals surface area contributed by atoms with E-state index in [-0.39, 0.29) is 5.91 Å². The largest absolute Gasteiger partial charge is 0.492 e. The van der Waals surface area contributed by atoms with E-state index in [2.05, 4.69) is 25.2 Å². The second-order valence-corrected chi connectivity index (χ2v) is 8.40. The van der Waals surface area contributed by atoms with E-state index in [1.165, 1.54) is 0 Å². The predicted octanol–water partition coefficient (Wildman–Crippen LogP) is 3.56. The van der Waals surface area contributed by atoms with Crippen LogP contribution in [0.4, 0.5) is 11.5 Å². The lowest BCUT2D eigenvalue weighted by atomic mass is 10.1. The third kappa shape index (κ3) is 4.31. The Kier molecular flexibility index (Phi) is 5.65. The molecule has 1 fully saturated rings. The van der Waals surface area contributed by atoms with Crippen molar-refractivity contribution in [2.75, 3.05) is 38.1 Å². The van der Waals surface area contributed by atoms with Crippen LogP contribution < -0.4 is 10.1 Å². The summed E-state index contributed by atoms with van der Waals surface area (Å²) in [5.74, 6) is 1.59. The summed E-state index contributed by atoms with van der Waals surface area (Å²) >= 11 is 6.33. The van der Waals surface area contributed by atoms with Crippen LogP contribution in [-0.4, -0.2) is 63.4 Å². The third-order valence-electron chi connectivity index (χ3n) is 5.91. The van der Waals surface area contributed by atoms with E-state index in [1.807, 2.05) is 29.3 Å². The maximum Gasteiger partial charge on any atom is 0.222 e. The molecule has 2 N–H and O–H groups in total. The Morgan fingerprint density at radius 3 is 2.84 bits per heavy atom. The van der Waals surface area contributed by atoms with Gasteiger partial charge in [0.15, 0.2) is 0 Å². The maximum absolute atomic E-state index is 12.6. The van der Waals surface area contributed by atoms with Crippen LogP contribution in [0.5, 0.6) is 5.75 Å². The fourth-order valence-electron chi connectivity index (χ4n) is 4.19. The fourth-order valence-corrected chi connectivity index (χ4v) is 4.36. The topological polar surface area (TPSA) is 86.4 Å². The molecule has 6 rings (SSSR count). The molecule has 9 heteroatoms. The Hall–Kier alpha value is -2.84. The van der Waals surface area contributed by atoms with Gasteiger partial charge in [0.2, 0.25) is 5.91 Å². The van der Waals surface area contributed by atoms with Crippen molar-refractivity contribution in [2.24, 2.45) is 0 Å². The zero-order chi connectivity index (χ0) is 21.2. The van der Waals surface area contributed by atoms with E-state index in [0.29, 0.717) is 23.8 Å². The molecule has 3 aliphatic heterocycles. The molecular weight excluding hydrogens is 416 g/mol. The SMILES string of the molecule is O=C1CCCCOc2cc(ccc2Cl)Nc2ncnc3[nH]cc(c23)CN2CCN1CC2. The molecule has 0 radical (unpaired) electrons. The van der Waals surface area contributed by atoms with Crippen molar-refractivity contribution in [1.29, 1.82) is 0 Å². The van der Waals surface area contributed by atoms with Gasteiger partial charge in [-0.15, -0.1) is 0 Å². The molecule has 1 amide bonds. The quantitative estimate of drug-likeness (QED) is 0.556. The molecular formula is C22H25ClN6O2. The second-order valence-electron chi connectivity index (χ2n) is 7.99. The summed E-state index contributed by atoms with van der Waals surface area (Å²) in [7, 11) is 0. The standard InChI is InChI=1S/C22H25ClN6O2/c23-17-5-4-16-11-18(17)31-10-2-1-3-19(30)29-8-6-28(7-9-29)13-15-12-24-21-20(15)22(27-16)26-14-25-21/h4-5,11-12,14H,1-3,6-10,13H2,(H2,24,25,26,27). The summed E-state index contributed by atoms with van der Waals surface area (Å²) in [5.41, 5.74) is 2.77. The minimum absolute atomic E-state index is 0.229. The normalized spacial score (nSPS) is 18.4. The number of piperazine rings is 1. The number of aromatic amines is 1. The highest BCUT2D eigenvalue weighted by atomic mass is 35.5. The number of anilines is 2. The highest BCUT2D eigenvalue weighted by Gasteiger charge is 2.22. The molecule has 3 aromatic rings. The minimum atomic E-state index is 0.229. The monoisotopic (exact) mass is 440 g/mol. The van der Waals surface area contributed by atoms with Gasteiger partial charge in [0.25, 0.3) is 0 Å². The van der Waals surface area contributed by atoms with E-state index in [1.54, 1.807) is 6.33 Å². The number of H-pyrrole nitrogens is 1. The van der Waals surface area contributed by atoms with Crippen LogP contribution in [0.3, 0.4) is 0 Å². The van der Waals surface area contributed by atoms with Crippen LogP contribution in [0.25, 0.3) is 11.0 Å². The van der Waals surface area contributed by atoms with Gasteiger partial charge in [0.1, 0.15) is 23.5 Å². The summed E-state index contributed by atoms with van der Waals surface area (Å²) in [5, 5.41) is 4.94. The van der Waals surface area contributed by atoms with Crippen molar-refractivity contribution in [2.45, 2.75) is 25.8 Å². The molecule has 1 saturated heterocycles. The first-order chi connectivity index (χ1) is 15.2. The average molecular weight is 441 g/mol. The molecule has 0 aliphatic carbocycles. The number of hydrogen-bond acceptors (Lipinski definition) is 6. The lowest BCUT2D eigenvalue weighted by Gasteiger charge is -2.34. The highest BCUT2D eigenvalue weighted by Crippen LogP contribution is 2.32. The fraction of sp³-hybridized carbons (Fsp3) is 0.409. The van der Waals surface area contributed by atoms with Gasteiger partial charge in [-0.1, -0.05) is 11.6 Å². The van der Waals surface area contributed by atoms with E-state index >= 15 is 0 Å². The van der Waals surface area contributed by atoms with Crippen LogP contribution in [0.2, 0.25) is 5.02 Å². The predicted molar refractivity (Wildman–Crippen MR) is 120 cm³/mol. The molecule has 2 aromatic heterocycles. The summed E-state index contributed by atoms with van der Waals surface area (Å²) in [4.78, 5) is 29.1. The van der Waals surface area contributed by atoms with Crippen LogP contribution in [-0.2, 0) is 11.3 Å². The van der Waals surface area contributed by atoms with E-state index in [9.17, 15) is 4.79 Å². The number of aromatic nitrogens is 3. The molecule has 1 aromatic carbocycles. The number of rotatable bonds is 0. The van der Waals surface area contributed by atoms with E-state index in [4.69, 9.17) is 16.3 Å². The summed E-state index contributed by atoms with van der Waals surface area (Å²) in [6, 6.07) is 5.61. The van der Waals surface area contributed by atoms with Gasteiger partial charge in [-0.2, -0.15) is 0 Å². The lowest BCUT2D eigenvalue weighted by molar-refractivity contribution is -0.133. The number of halogens is 1. The van der Waals surface area contributed by atoms with Crippen LogP contribution in [0.1, 0.15) is 24.8 Å². The lowest BCUT2D eigenvalue weighted by Crippen LogP contribution is -2.48. The number of carbonyl (C=O) groups is 1. The smallest absolute Gasteiger partial charge is 0.222 e. The summed E-state index contributed by atoms with van der Waals surface area (Å²) in [6.07, 6.45) is 5.71. The molecule has 4 bridgehead atoms. The van der Waals surface area contributed by atoms with Gasteiger partial charge >= 0.3 is 0 Å². The van der Waals surface area contributed by atoms with Crippen molar-refractivity contribution in [3.63, 3.8) is 0 Å². The number of benzene rings is 1. The van der Waals surface area contributed by atoms with Gasteiger partial charge in [-0.05, 0) is 30.5 Å². The van der Waals surface area contributed by atoms with Crippen LogP contribution >= 0.6 is 11.6 Å². The highest BCUT2D eigenvalue weighted by molar-refractivity contribution is 6.32. The first kappa shape index (κ1) is 20.1. The zero-order valence-electron chi connectivity index (χ0n) is 17.2. The Bertz CT molecular complexity index is 1090.